The van der Waals surface area contributed by atoms with Gasteiger partial charge in [0.25, 0.3) is 0 Å². The van der Waals surface area contributed by atoms with Crippen molar-refractivity contribution < 1.29 is 29.0 Å². The van der Waals surface area contributed by atoms with Crippen molar-refractivity contribution in [3.8, 4) is 11.5 Å². The maximum Gasteiger partial charge on any atom is 0.238 e. The highest BCUT2D eigenvalue weighted by Crippen LogP contribution is 2.64. The molecule has 3 aliphatic carbocycles. The molecule has 0 aromatic heterocycles. The predicted octanol–water partition coefficient (Wildman–Crippen LogP) is 7.03. The van der Waals surface area contributed by atoms with Crippen molar-refractivity contribution in [1.82, 2.24) is 0 Å². The fourth-order valence-corrected chi connectivity index (χ4v) is 9.36. The molecule has 244 valence electrons. The standard InChI is InChI=1S/C41H32INO6/c1-49-34-20-27(44)16-17-29(34)37-28-18-19-30-36(40(48)43(39(30)47)26-14-12-25(42)13-15-26)32(28)21-33-38(46)31(23-8-4-2-5-9-23)22-35(45)41(33,37)24-10-6-3-7-11-24/h2-18,20,22,30,32-33,36-37,44H,19,21H2,1H3. The molecule has 4 aromatic carbocycles. The molecule has 1 heterocycles. The normalized spacial score (nSPS) is 27.6. The SMILES string of the molecule is COc1cc(O)ccc1C1C2=CCC3C(=O)N(c4ccc(I)cc4)C(=O)C3C2CC2C(=O)C(c3ccccc3)=CC(=O)C21c1ccccc1. The first kappa shape index (κ1) is 31.4. The molecule has 6 unspecified atom stereocenters. The van der Waals surface area contributed by atoms with Crippen molar-refractivity contribution in [2.75, 3.05) is 12.0 Å². The highest BCUT2D eigenvalue weighted by molar-refractivity contribution is 14.1. The summed E-state index contributed by atoms with van der Waals surface area (Å²) in [7, 11) is 1.51. The Morgan fingerprint density at radius 2 is 1.53 bits per heavy atom. The van der Waals surface area contributed by atoms with Crippen LogP contribution in [-0.4, -0.2) is 35.6 Å². The molecular weight excluding hydrogens is 729 g/mol. The maximum absolute atomic E-state index is 15.1. The molecule has 1 saturated heterocycles. The third-order valence-electron chi connectivity index (χ3n) is 11.0. The first-order chi connectivity index (χ1) is 23.7. The summed E-state index contributed by atoms with van der Waals surface area (Å²) in [6.07, 6.45) is 4.06. The number of nitrogens with zero attached hydrogens (tertiary/aromatic N) is 1. The number of methoxy groups -OCH3 is 1. The van der Waals surface area contributed by atoms with Crippen LogP contribution in [0.1, 0.15) is 35.4 Å². The number of ketones is 2. The second-order valence-electron chi connectivity index (χ2n) is 13.2. The van der Waals surface area contributed by atoms with E-state index in [1.165, 1.54) is 24.2 Å². The van der Waals surface area contributed by atoms with Crippen molar-refractivity contribution in [2.24, 2.45) is 23.7 Å². The molecule has 49 heavy (non-hydrogen) atoms. The van der Waals surface area contributed by atoms with Gasteiger partial charge in [-0.25, -0.2) is 0 Å². The molecule has 2 amide bonds. The number of imide groups is 1. The molecule has 4 aromatic rings. The van der Waals surface area contributed by atoms with E-state index in [4.69, 9.17) is 4.74 Å². The van der Waals surface area contributed by atoms with Gasteiger partial charge < -0.3 is 9.84 Å². The Hall–Kier alpha value is -4.83. The van der Waals surface area contributed by atoms with E-state index in [2.05, 4.69) is 22.6 Å². The molecule has 0 radical (unpaired) electrons. The number of anilines is 1. The summed E-state index contributed by atoms with van der Waals surface area (Å²) in [6, 6.07) is 30.8. The van der Waals surface area contributed by atoms with Gasteiger partial charge in [-0.2, -0.15) is 0 Å². The van der Waals surface area contributed by atoms with Crippen molar-refractivity contribution in [3.05, 3.63) is 141 Å². The number of allylic oxidation sites excluding steroid dienone is 4. The van der Waals surface area contributed by atoms with Gasteiger partial charge in [-0.3, -0.25) is 24.1 Å². The number of aromatic hydroxyl groups is 1. The van der Waals surface area contributed by atoms with Crippen LogP contribution in [0.3, 0.4) is 0 Å². The van der Waals surface area contributed by atoms with Crippen molar-refractivity contribution in [3.63, 3.8) is 0 Å². The van der Waals surface area contributed by atoms with Crippen LogP contribution in [0, 0.1) is 27.2 Å². The number of carbonyl (C=O) groups excluding carboxylic acids is 4. The Labute approximate surface area is 297 Å². The van der Waals surface area contributed by atoms with Crippen LogP contribution < -0.4 is 9.64 Å². The number of amides is 2. The van der Waals surface area contributed by atoms with E-state index in [1.54, 1.807) is 24.3 Å². The molecule has 1 N–H and O–H groups in total. The fraction of sp³-hybridized carbons (Fsp3) is 0.220. The zero-order valence-corrected chi connectivity index (χ0v) is 28.7. The summed E-state index contributed by atoms with van der Waals surface area (Å²) >= 11 is 2.19. The predicted molar refractivity (Wildman–Crippen MR) is 193 cm³/mol. The lowest BCUT2D eigenvalue weighted by molar-refractivity contribution is -0.135. The highest BCUT2D eigenvalue weighted by atomic mass is 127. The van der Waals surface area contributed by atoms with Crippen LogP contribution in [0.5, 0.6) is 11.5 Å². The van der Waals surface area contributed by atoms with Crippen LogP contribution in [-0.2, 0) is 24.6 Å². The molecule has 1 aliphatic heterocycles. The third kappa shape index (κ3) is 4.67. The van der Waals surface area contributed by atoms with Crippen LogP contribution in [0.2, 0.25) is 0 Å². The monoisotopic (exact) mass is 761 g/mol. The molecule has 1 saturated carbocycles. The molecule has 6 atom stereocenters. The summed E-state index contributed by atoms with van der Waals surface area (Å²) in [6.45, 7) is 0. The summed E-state index contributed by atoms with van der Waals surface area (Å²) < 4.78 is 6.84. The lowest BCUT2D eigenvalue weighted by Crippen LogP contribution is -2.58. The number of fused-ring (bicyclic) bond motifs is 4. The number of Topliss-reactive ketones (excluding diaryl/α,β-unsaturated/α-hetero) is 1. The van der Waals surface area contributed by atoms with Crippen LogP contribution >= 0.6 is 22.6 Å². The van der Waals surface area contributed by atoms with Gasteiger partial charge in [0, 0.05) is 32.6 Å². The first-order valence-corrected chi connectivity index (χ1v) is 17.4. The number of phenolic OH excluding ortho intramolecular Hbond substituents is 1. The van der Waals surface area contributed by atoms with Crippen molar-refractivity contribution in [2.45, 2.75) is 24.2 Å². The Kier molecular flexibility index (Phi) is 7.66. The lowest BCUT2D eigenvalue weighted by Gasteiger charge is -2.55. The molecule has 0 bridgehead atoms. The number of rotatable bonds is 5. The van der Waals surface area contributed by atoms with E-state index in [1.807, 2.05) is 78.9 Å². The number of hydrogen-bond donors (Lipinski definition) is 1. The van der Waals surface area contributed by atoms with Gasteiger partial charge in [-0.1, -0.05) is 78.4 Å². The molecular formula is C41H32INO6. The summed E-state index contributed by atoms with van der Waals surface area (Å²) in [5.41, 5.74) is 2.31. The Morgan fingerprint density at radius 1 is 0.837 bits per heavy atom. The fourth-order valence-electron chi connectivity index (χ4n) is 9.00. The number of halogens is 1. The number of ether oxygens (including phenoxy) is 1. The third-order valence-corrected chi connectivity index (χ3v) is 11.7. The maximum atomic E-state index is 15.1. The molecule has 8 rings (SSSR count). The molecule has 0 spiro atoms. The number of carbonyl (C=O) groups is 4. The largest absolute Gasteiger partial charge is 0.508 e. The molecule has 2 fully saturated rings. The van der Waals surface area contributed by atoms with E-state index in [0.29, 0.717) is 40.1 Å². The Bertz CT molecular complexity index is 2090. The van der Waals surface area contributed by atoms with E-state index >= 15 is 9.59 Å². The van der Waals surface area contributed by atoms with Gasteiger partial charge >= 0.3 is 0 Å². The van der Waals surface area contributed by atoms with Gasteiger partial charge in [0.1, 0.15) is 11.5 Å². The number of benzene rings is 4. The Balaban J connectivity index is 1.37. The smallest absolute Gasteiger partial charge is 0.238 e. The highest BCUT2D eigenvalue weighted by Gasteiger charge is 2.66. The van der Waals surface area contributed by atoms with E-state index in [-0.39, 0.29) is 35.6 Å². The van der Waals surface area contributed by atoms with Crippen molar-refractivity contribution >= 4 is 57.2 Å². The first-order valence-electron chi connectivity index (χ1n) is 16.4. The minimum absolute atomic E-state index is 0.00186. The van der Waals surface area contributed by atoms with E-state index < -0.39 is 35.0 Å². The zero-order valence-electron chi connectivity index (χ0n) is 26.6. The summed E-state index contributed by atoms with van der Waals surface area (Å²) in [5, 5.41) is 10.5. The lowest BCUT2D eigenvalue weighted by atomic mass is 9.44. The van der Waals surface area contributed by atoms with E-state index in [0.717, 1.165) is 9.14 Å². The van der Waals surface area contributed by atoms with Gasteiger partial charge in [0.05, 0.1) is 30.0 Å². The van der Waals surface area contributed by atoms with E-state index in [9.17, 15) is 14.7 Å². The molecule has 4 aliphatic rings. The number of phenols is 1. The van der Waals surface area contributed by atoms with Gasteiger partial charge in [0.2, 0.25) is 11.8 Å². The summed E-state index contributed by atoms with van der Waals surface area (Å²) in [4.78, 5) is 60.0. The molecule has 8 heteroatoms. The Morgan fingerprint density at radius 3 is 2.22 bits per heavy atom. The second-order valence-corrected chi connectivity index (χ2v) is 14.4. The van der Waals surface area contributed by atoms with Crippen molar-refractivity contribution in [1.29, 1.82) is 0 Å². The zero-order chi connectivity index (χ0) is 34.0. The average Bonchev–Trinajstić information content (AvgIpc) is 3.39. The van der Waals surface area contributed by atoms with Crippen LogP contribution in [0.25, 0.3) is 5.57 Å². The van der Waals surface area contributed by atoms with Crippen LogP contribution in [0.4, 0.5) is 5.69 Å². The minimum Gasteiger partial charge on any atom is -0.508 e. The van der Waals surface area contributed by atoms with Crippen LogP contribution in [0.15, 0.2) is 121 Å². The minimum atomic E-state index is -1.38. The average molecular weight is 762 g/mol. The van der Waals surface area contributed by atoms with Gasteiger partial charge in [-0.15, -0.1) is 0 Å². The summed E-state index contributed by atoms with van der Waals surface area (Å²) in [5.74, 6) is -3.94. The van der Waals surface area contributed by atoms with Gasteiger partial charge in [-0.05, 0) is 88.9 Å². The molecule has 7 nitrogen and oxygen atoms in total. The van der Waals surface area contributed by atoms with Gasteiger partial charge in [0.15, 0.2) is 11.6 Å². The number of hydrogen-bond acceptors (Lipinski definition) is 6. The topological polar surface area (TPSA) is 101 Å². The second kappa shape index (κ2) is 11.9. The quantitative estimate of drug-likeness (QED) is 0.133.